The molecule has 0 atom stereocenters. The third-order valence-corrected chi connectivity index (χ3v) is 4.41. The van der Waals surface area contributed by atoms with Gasteiger partial charge in [0.25, 0.3) is 0 Å². The lowest BCUT2D eigenvalue weighted by Gasteiger charge is -2.04. The number of nitrogens with zero attached hydrogens (tertiary/aromatic N) is 3. The molecule has 128 valence electrons. The third kappa shape index (κ3) is 3.66. The van der Waals surface area contributed by atoms with Gasteiger partial charge in [-0.15, -0.1) is 0 Å². The van der Waals surface area contributed by atoms with Gasteiger partial charge in [0.1, 0.15) is 10.8 Å². The van der Waals surface area contributed by atoms with Crippen molar-refractivity contribution in [2.24, 2.45) is 5.16 Å². The summed E-state index contributed by atoms with van der Waals surface area (Å²) in [7, 11) is -4.02. The van der Waals surface area contributed by atoms with Crippen molar-refractivity contribution in [3.05, 3.63) is 66.4 Å². The van der Waals surface area contributed by atoms with Crippen LogP contribution in [0.15, 0.2) is 75.4 Å². The topological polar surface area (TPSA) is 109 Å². The summed E-state index contributed by atoms with van der Waals surface area (Å²) in [5, 5.41) is 18.5. The number of rotatable bonds is 5. The molecular formula is C16H13N3O5S. The molecule has 0 amide bonds. The summed E-state index contributed by atoms with van der Waals surface area (Å²) < 4.78 is 34.8. The summed E-state index contributed by atoms with van der Waals surface area (Å²) in [5.74, 6) is -0.604. The highest BCUT2D eigenvalue weighted by Gasteiger charge is 2.19. The molecule has 9 heteroatoms. The van der Waals surface area contributed by atoms with Gasteiger partial charge in [-0.1, -0.05) is 35.5 Å². The monoisotopic (exact) mass is 359 g/mol. The fourth-order valence-corrected chi connectivity index (χ4v) is 2.89. The van der Waals surface area contributed by atoms with Crippen LogP contribution < -0.4 is 9.79 Å². The van der Waals surface area contributed by atoms with Crippen molar-refractivity contribution < 1.29 is 27.0 Å². The minimum atomic E-state index is -4.02. The van der Waals surface area contributed by atoms with Crippen LogP contribution in [-0.4, -0.2) is 19.4 Å². The van der Waals surface area contributed by atoms with E-state index in [-0.39, 0.29) is 10.6 Å². The molecule has 1 heterocycles. The van der Waals surface area contributed by atoms with Crippen LogP contribution in [0.4, 0.5) is 0 Å². The smallest absolute Gasteiger partial charge is 0.358 e. The van der Waals surface area contributed by atoms with E-state index in [0.29, 0.717) is 11.3 Å². The molecule has 3 rings (SSSR count). The second-order valence-electron chi connectivity index (χ2n) is 5.00. The molecule has 0 bridgehead atoms. The highest BCUT2D eigenvalue weighted by atomic mass is 32.2. The molecule has 8 nitrogen and oxygen atoms in total. The van der Waals surface area contributed by atoms with E-state index in [2.05, 4.69) is 15.0 Å². The second kappa shape index (κ2) is 6.73. The predicted octanol–water partition coefficient (Wildman–Crippen LogP) is 1.15. The van der Waals surface area contributed by atoms with Crippen LogP contribution in [0, 0.1) is 0 Å². The van der Waals surface area contributed by atoms with Gasteiger partial charge >= 0.3 is 10.1 Å². The van der Waals surface area contributed by atoms with Crippen molar-refractivity contribution >= 4 is 15.8 Å². The third-order valence-electron chi connectivity index (χ3n) is 3.29. The van der Waals surface area contributed by atoms with Crippen LogP contribution in [0.25, 0.3) is 5.69 Å². The first-order valence-electron chi connectivity index (χ1n) is 7.16. The zero-order chi connectivity index (χ0) is 17.9. The minimum absolute atomic E-state index is 0.00158. The average molecular weight is 359 g/mol. The molecule has 0 aliphatic heterocycles. The molecule has 0 saturated heterocycles. The zero-order valence-corrected chi connectivity index (χ0v) is 13.9. The molecule has 2 aromatic carbocycles. The molecule has 0 unspecified atom stereocenters. The van der Waals surface area contributed by atoms with Gasteiger partial charge in [-0.2, -0.15) is 8.42 Å². The van der Waals surface area contributed by atoms with Crippen molar-refractivity contribution in [1.29, 1.82) is 0 Å². The van der Waals surface area contributed by atoms with E-state index in [9.17, 15) is 13.5 Å². The second-order valence-corrected chi connectivity index (χ2v) is 6.53. The Labute approximate surface area is 143 Å². The lowest BCUT2D eigenvalue weighted by molar-refractivity contribution is -0.670. The number of benzene rings is 2. The molecule has 1 aromatic heterocycles. The highest BCUT2D eigenvalue weighted by Crippen LogP contribution is 2.15. The Hall–Kier alpha value is -3.20. The zero-order valence-electron chi connectivity index (χ0n) is 13.1. The maximum atomic E-state index is 12.1. The molecular weight excluding hydrogens is 346 g/mol. The summed E-state index contributed by atoms with van der Waals surface area (Å²) in [6, 6.07) is 14.5. The van der Waals surface area contributed by atoms with Gasteiger partial charge in [-0.05, 0) is 29.8 Å². The maximum absolute atomic E-state index is 12.1. The summed E-state index contributed by atoms with van der Waals surface area (Å²) in [6.07, 6.45) is 1.16. The summed E-state index contributed by atoms with van der Waals surface area (Å²) >= 11 is 0. The van der Waals surface area contributed by atoms with Crippen molar-refractivity contribution in [3.63, 3.8) is 0 Å². The first-order chi connectivity index (χ1) is 12.0. The number of oxime groups is 1. The predicted molar refractivity (Wildman–Crippen MR) is 84.4 cm³/mol. The molecule has 25 heavy (non-hydrogen) atoms. The molecule has 0 radical (unpaired) electrons. The van der Waals surface area contributed by atoms with Crippen LogP contribution in [0.3, 0.4) is 0 Å². The minimum Gasteiger partial charge on any atom is -0.539 e. The average Bonchev–Trinajstić information content (AvgIpc) is 3.07. The van der Waals surface area contributed by atoms with Crippen LogP contribution >= 0.6 is 0 Å². The number of para-hydroxylation sites is 1. The van der Waals surface area contributed by atoms with Gasteiger partial charge in [-0.3, -0.25) is 4.28 Å². The fraction of sp³-hybridized carbons (Fsp3) is 0.0625. The van der Waals surface area contributed by atoms with E-state index in [0.717, 1.165) is 6.20 Å². The van der Waals surface area contributed by atoms with Crippen LogP contribution in [-0.2, 0) is 14.4 Å². The Morgan fingerprint density at radius 1 is 1.16 bits per heavy atom. The molecule has 0 saturated carbocycles. The quantitative estimate of drug-likeness (QED) is 0.384. The van der Waals surface area contributed by atoms with E-state index in [1.807, 2.05) is 0 Å². The molecule has 0 aliphatic rings. The first kappa shape index (κ1) is 16.7. The standard InChI is InChI=1S/C16H13N3O5S/c1-12(17-24-25(21,22)13-7-3-2-4-8-13)14-9-5-6-10-15(14)19-11-16(20)23-18-19/h2-11H,1H3/b17-12-. The Balaban J connectivity index is 1.91. The van der Waals surface area contributed by atoms with Crippen molar-refractivity contribution in [2.45, 2.75) is 11.8 Å². The van der Waals surface area contributed by atoms with Gasteiger partial charge < -0.3 is 9.63 Å². The number of aromatic nitrogens is 2. The van der Waals surface area contributed by atoms with Gasteiger partial charge in [0.2, 0.25) is 11.9 Å². The molecule has 0 N–H and O–H groups in total. The Bertz CT molecular complexity index is 1010. The Kier molecular flexibility index (Phi) is 4.48. The maximum Gasteiger partial charge on any atom is 0.358 e. The molecule has 0 spiro atoms. The van der Waals surface area contributed by atoms with E-state index in [1.54, 1.807) is 49.4 Å². The van der Waals surface area contributed by atoms with Gasteiger partial charge in [-0.25, -0.2) is 0 Å². The highest BCUT2D eigenvalue weighted by molar-refractivity contribution is 7.86. The largest absolute Gasteiger partial charge is 0.539 e. The van der Waals surface area contributed by atoms with Crippen molar-refractivity contribution in [3.8, 4) is 11.6 Å². The van der Waals surface area contributed by atoms with Gasteiger partial charge in [0.05, 0.1) is 16.5 Å². The molecule has 0 fully saturated rings. The van der Waals surface area contributed by atoms with E-state index < -0.39 is 16.1 Å². The Morgan fingerprint density at radius 2 is 1.84 bits per heavy atom. The lowest BCUT2D eigenvalue weighted by atomic mass is 10.1. The number of hydrogen-bond donors (Lipinski definition) is 0. The molecule has 0 aliphatic carbocycles. The fourth-order valence-electron chi connectivity index (χ4n) is 2.11. The van der Waals surface area contributed by atoms with E-state index >= 15 is 0 Å². The van der Waals surface area contributed by atoms with Crippen LogP contribution in [0.5, 0.6) is 5.95 Å². The number of hydrogen-bond acceptors (Lipinski definition) is 7. The lowest BCUT2D eigenvalue weighted by Crippen LogP contribution is -2.33. The summed E-state index contributed by atoms with van der Waals surface area (Å²) in [4.78, 5) is 0.00158. The summed E-state index contributed by atoms with van der Waals surface area (Å²) in [6.45, 7) is 1.58. The SMILES string of the molecule is C/C(=N/OS(=O)(=O)c1ccccc1)c1ccccc1-[n+]1cc([O-])on1. The van der Waals surface area contributed by atoms with Crippen molar-refractivity contribution in [2.75, 3.05) is 0 Å². The normalized spacial score (nSPS) is 12.1. The Morgan fingerprint density at radius 3 is 2.52 bits per heavy atom. The van der Waals surface area contributed by atoms with Gasteiger partial charge in [0, 0.05) is 6.07 Å². The van der Waals surface area contributed by atoms with Crippen LogP contribution in [0.2, 0.25) is 0 Å². The van der Waals surface area contributed by atoms with E-state index in [4.69, 9.17) is 4.28 Å². The molecule has 3 aromatic rings. The van der Waals surface area contributed by atoms with E-state index in [1.165, 1.54) is 16.8 Å². The van der Waals surface area contributed by atoms with Gasteiger partial charge in [0.15, 0.2) is 0 Å². The van der Waals surface area contributed by atoms with Crippen LogP contribution in [0.1, 0.15) is 12.5 Å². The first-order valence-corrected chi connectivity index (χ1v) is 8.57. The summed E-state index contributed by atoms with van der Waals surface area (Å²) in [5.41, 5.74) is 1.32. The van der Waals surface area contributed by atoms with Crippen molar-refractivity contribution in [1.82, 2.24) is 5.27 Å².